The summed E-state index contributed by atoms with van der Waals surface area (Å²) in [5.74, 6) is 0.618. The molecule has 0 nitrogen and oxygen atoms in total. The van der Waals surface area contributed by atoms with Crippen LogP contribution in [-0.4, -0.2) is 0 Å². The van der Waals surface area contributed by atoms with E-state index in [-0.39, 0.29) is 0 Å². The standard InChI is InChI=1S/C25H34/c1-2-3-4-5-6-7-8-9-10-11-14-21-19-20-23-16-12-15-22-17-13-18-24(21)25(22)23/h12-13,15-21H,2-11,14H2,1H3. The van der Waals surface area contributed by atoms with Gasteiger partial charge in [-0.2, -0.15) is 0 Å². The van der Waals surface area contributed by atoms with E-state index in [0.717, 1.165) is 0 Å². The molecule has 0 amide bonds. The molecule has 0 bridgehead atoms. The molecule has 1 aliphatic carbocycles. The van der Waals surface area contributed by atoms with Crippen LogP contribution in [0.5, 0.6) is 0 Å². The van der Waals surface area contributed by atoms with Crippen molar-refractivity contribution >= 4 is 16.8 Å². The van der Waals surface area contributed by atoms with Crippen LogP contribution in [0, 0.1) is 0 Å². The minimum absolute atomic E-state index is 0.618. The van der Waals surface area contributed by atoms with Crippen LogP contribution in [0.3, 0.4) is 0 Å². The monoisotopic (exact) mass is 334 g/mol. The van der Waals surface area contributed by atoms with E-state index < -0.39 is 0 Å². The summed E-state index contributed by atoms with van der Waals surface area (Å²) >= 11 is 0. The van der Waals surface area contributed by atoms with Crippen molar-refractivity contribution in [3.05, 3.63) is 53.6 Å². The number of hydrogen-bond donors (Lipinski definition) is 0. The van der Waals surface area contributed by atoms with Gasteiger partial charge in [0.1, 0.15) is 0 Å². The van der Waals surface area contributed by atoms with Crippen LogP contribution in [0.2, 0.25) is 0 Å². The van der Waals surface area contributed by atoms with Gasteiger partial charge in [0.25, 0.3) is 0 Å². The Morgan fingerprint density at radius 1 is 0.720 bits per heavy atom. The fourth-order valence-corrected chi connectivity index (χ4v) is 4.27. The zero-order valence-electron chi connectivity index (χ0n) is 16.0. The fraction of sp³-hybridized carbons (Fsp3) is 0.520. The smallest absolute Gasteiger partial charge is 0.00276 e. The van der Waals surface area contributed by atoms with Gasteiger partial charge in [0.15, 0.2) is 0 Å². The van der Waals surface area contributed by atoms with E-state index in [4.69, 9.17) is 0 Å². The van der Waals surface area contributed by atoms with Gasteiger partial charge in [-0.15, -0.1) is 0 Å². The molecule has 0 fully saturated rings. The van der Waals surface area contributed by atoms with Crippen molar-refractivity contribution in [1.82, 2.24) is 0 Å². The van der Waals surface area contributed by atoms with Crippen LogP contribution < -0.4 is 0 Å². The van der Waals surface area contributed by atoms with Crippen molar-refractivity contribution in [3.63, 3.8) is 0 Å². The number of unbranched alkanes of at least 4 members (excludes halogenated alkanes) is 9. The first-order valence-corrected chi connectivity index (χ1v) is 10.6. The Morgan fingerprint density at radius 2 is 1.36 bits per heavy atom. The van der Waals surface area contributed by atoms with Gasteiger partial charge in [-0.1, -0.05) is 120 Å². The van der Waals surface area contributed by atoms with Gasteiger partial charge in [-0.25, -0.2) is 0 Å². The van der Waals surface area contributed by atoms with Crippen LogP contribution in [0.25, 0.3) is 16.8 Å². The van der Waals surface area contributed by atoms with E-state index in [1.807, 2.05) is 0 Å². The van der Waals surface area contributed by atoms with E-state index in [1.165, 1.54) is 87.0 Å². The first-order chi connectivity index (χ1) is 12.4. The van der Waals surface area contributed by atoms with Crippen LogP contribution in [0.1, 0.15) is 94.6 Å². The molecule has 0 aromatic heterocycles. The quantitative estimate of drug-likeness (QED) is 0.363. The Morgan fingerprint density at radius 3 is 2.08 bits per heavy atom. The first kappa shape index (κ1) is 18.2. The Labute approximate surface area is 154 Å². The molecule has 0 saturated heterocycles. The molecule has 25 heavy (non-hydrogen) atoms. The predicted molar refractivity (Wildman–Crippen MR) is 112 cm³/mol. The lowest BCUT2D eigenvalue weighted by molar-refractivity contribution is 0.543. The number of benzene rings is 2. The van der Waals surface area contributed by atoms with Crippen molar-refractivity contribution in [3.8, 4) is 0 Å². The highest BCUT2D eigenvalue weighted by molar-refractivity contribution is 5.95. The molecular formula is C25H34. The second-order valence-corrected chi connectivity index (χ2v) is 7.73. The largest absolute Gasteiger partial charge is 0.0764 e. The molecule has 0 saturated carbocycles. The zero-order valence-corrected chi connectivity index (χ0v) is 16.0. The third kappa shape index (κ3) is 4.97. The van der Waals surface area contributed by atoms with E-state index in [1.54, 1.807) is 5.56 Å². The molecule has 0 heteroatoms. The van der Waals surface area contributed by atoms with Gasteiger partial charge in [-0.3, -0.25) is 0 Å². The Bertz CT molecular complexity index is 674. The van der Waals surface area contributed by atoms with Crippen molar-refractivity contribution in [2.45, 2.75) is 83.5 Å². The third-order valence-corrected chi connectivity index (χ3v) is 5.75. The molecule has 3 rings (SSSR count). The summed E-state index contributed by atoms with van der Waals surface area (Å²) in [7, 11) is 0. The summed E-state index contributed by atoms with van der Waals surface area (Å²) < 4.78 is 0. The number of allylic oxidation sites excluding steroid dienone is 1. The molecule has 1 unspecified atom stereocenters. The second kappa shape index (κ2) is 9.80. The van der Waals surface area contributed by atoms with E-state index >= 15 is 0 Å². The summed E-state index contributed by atoms with van der Waals surface area (Å²) in [5.41, 5.74) is 2.94. The molecule has 0 N–H and O–H groups in total. The maximum Gasteiger partial charge on any atom is 0.00276 e. The highest BCUT2D eigenvalue weighted by Crippen LogP contribution is 2.37. The average Bonchev–Trinajstić information content (AvgIpc) is 2.65. The van der Waals surface area contributed by atoms with Crippen LogP contribution in [0.15, 0.2) is 42.5 Å². The molecule has 1 aliphatic rings. The van der Waals surface area contributed by atoms with Crippen LogP contribution in [0.4, 0.5) is 0 Å². The van der Waals surface area contributed by atoms with Gasteiger partial charge in [0, 0.05) is 5.92 Å². The fourth-order valence-electron chi connectivity index (χ4n) is 4.27. The Hall–Kier alpha value is -1.56. The van der Waals surface area contributed by atoms with E-state index in [9.17, 15) is 0 Å². The zero-order chi connectivity index (χ0) is 17.3. The summed E-state index contributed by atoms with van der Waals surface area (Å²) in [5, 5.41) is 2.89. The summed E-state index contributed by atoms with van der Waals surface area (Å²) in [6.45, 7) is 2.29. The Kier molecular flexibility index (Phi) is 7.15. The van der Waals surface area contributed by atoms with Gasteiger partial charge >= 0.3 is 0 Å². The molecule has 2 aromatic carbocycles. The number of hydrogen-bond acceptors (Lipinski definition) is 0. The third-order valence-electron chi connectivity index (χ3n) is 5.75. The first-order valence-electron chi connectivity index (χ1n) is 10.6. The molecule has 0 spiro atoms. The lowest BCUT2D eigenvalue weighted by atomic mass is 9.83. The summed E-state index contributed by atoms with van der Waals surface area (Å²) in [6, 6.07) is 13.5. The Balaban J connectivity index is 1.39. The van der Waals surface area contributed by atoms with Crippen molar-refractivity contribution in [2.75, 3.05) is 0 Å². The second-order valence-electron chi connectivity index (χ2n) is 7.73. The molecule has 0 radical (unpaired) electrons. The van der Waals surface area contributed by atoms with E-state index in [2.05, 4.69) is 55.5 Å². The highest BCUT2D eigenvalue weighted by Gasteiger charge is 2.16. The van der Waals surface area contributed by atoms with Crippen LogP contribution >= 0.6 is 0 Å². The summed E-state index contributed by atoms with van der Waals surface area (Å²) in [6.07, 6.45) is 20.3. The highest BCUT2D eigenvalue weighted by atomic mass is 14.2. The SMILES string of the molecule is CCCCCCCCCCCCC1C=Cc2cccc3cccc1c23. The van der Waals surface area contributed by atoms with Gasteiger partial charge in [0.05, 0.1) is 0 Å². The molecular weight excluding hydrogens is 300 g/mol. The number of rotatable bonds is 11. The lowest BCUT2D eigenvalue weighted by Gasteiger charge is -2.21. The molecule has 2 aromatic rings. The minimum Gasteiger partial charge on any atom is -0.0764 e. The van der Waals surface area contributed by atoms with Crippen LogP contribution in [-0.2, 0) is 0 Å². The van der Waals surface area contributed by atoms with Gasteiger partial charge < -0.3 is 0 Å². The van der Waals surface area contributed by atoms with Crippen molar-refractivity contribution in [2.24, 2.45) is 0 Å². The van der Waals surface area contributed by atoms with Gasteiger partial charge in [0.2, 0.25) is 0 Å². The van der Waals surface area contributed by atoms with Crippen molar-refractivity contribution < 1.29 is 0 Å². The van der Waals surface area contributed by atoms with Gasteiger partial charge in [-0.05, 0) is 28.3 Å². The topological polar surface area (TPSA) is 0 Å². The van der Waals surface area contributed by atoms with E-state index in [0.29, 0.717) is 5.92 Å². The molecule has 134 valence electrons. The summed E-state index contributed by atoms with van der Waals surface area (Å²) in [4.78, 5) is 0. The van der Waals surface area contributed by atoms with Crippen molar-refractivity contribution in [1.29, 1.82) is 0 Å². The molecule has 0 heterocycles. The molecule has 1 atom stereocenters. The average molecular weight is 335 g/mol. The maximum absolute atomic E-state index is 2.44. The minimum atomic E-state index is 0.618. The lowest BCUT2D eigenvalue weighted by Crippen LogP contribution is -2.01. The predicted octanol–water partition coefficient (Wildman–Crippen LogP) is 8.26. The maximum atomic E-state index is 2.44. The molecule has 0 aliphatic heterocycles. The normalized spacial score (nSPS) is 15.8.